The molecule has 1 aromatic carbocycles. The van der Waals surface area contributed by atoms with Gasteiger partial charge >= 0.3 is 11.9 Å². The highest BCUT2D eigenvalue weighted by molar-refractivity contribution is 6.37. The number of rotatable bonds is 5. The van der Waals surface area contributed by atoms with Crippen LogP contribution in [0.1, 0.15) is 17.3 Å². The van der Waals surface area contributed by atoms with Crippen LogP contribution in [-0.4, -0.2) is 38.6 Å². The number of ether oxygens (including phenoxy) is 3. The van der Waals surface area contributed by atoms with E-state index in [1.165, 1.54) is 26.4 Å². The minimum absolute atomic E-state index is 0.00301. The Bertz CT molecular complexity index is 570. The average Bonchev–Trinajstić information content (AvgIpc) is 2.45. The van der Waals surface area contributed by atoms with Crippen LogP contribution >= 0.6 is 0 Å². The van der Waals surface area contributed by atoms with E-state index in [-0.39, 0.29) is 23.6 Å². The van der Waals surface area contributed by atoms with Crippen molar-refractivity contribution in [2.75, 3.05) is 26.1 Å². The second kappa shape index (κ2) is 7.13. The Labute approximate surface area is 121 Å². The SMILES string of the molecule is CCOC(=O)C(=O)Nc1cc(OC)cc(OC)c1C(N)=O. The number of nitrogens with two attached hydrogens (primary N) is 1. The van der Waals surface area contributed by atoms with Gasteiger partial charge < -0.3 is 25.3 Å². The molecule has 1 aromatic rings. The van der Waals surface area contributed by atoms with Crippen molar-refractivity contribution in [3.05, 3.63) is 17.7 Å². The summed E-state index contributed by atoms with van der Waals surface area (Å²) in [6.07, 6.45) is 0. The van der Waals surface area contributed by atoms with Crippen LogP contribution in [0.25, 0.3) is 0 Å². The first-order valence-electron chi connectivity index (χ1n) is 5.98. The number of benzene rings is 1. The standard InChI is InChI=1S/C13H16N2O6/c1-4-21-13(18)12(17)15-8-5-7(19-2)6-9(20-3)10(8)11(14)16/h5-6H,4H2,1-3H3,(H2,14,16)(H,15,17). The van der Waals surface area contributed by atoms with Gasteiger partial charge in [-0.25, -0.2) is 4.79 Å². The summed E-state index contributed by atoms with van der Waals surface area (Å²) in [5.74, 6) is -2.50. The average molecular weight is 296 g/mol. The molecule has 0 saturated heterocycles. The van der Waals surface area contributed by atoms with Crippen LogP contribution in [0.5, 0.6) is 11.5 Å². The van der Waals surface area contributed by atoms with E-state index in [2.05, 4.69) is 10.1 Å². The highest BCUT2D eigenvalue weighted by Crippen LogP contribution is 2.32. The van der Waals surface area contributed by atoms with E-state index in [0.29, 0.717) is 5.75 Å². The summed E-state index contributed by atoms with van der Waals surface area (Å²) in [6, 6.07) is 2.78. The predicted molar refractivity (Wildman–Crippen MR) is 73.3 cm³/mol. The van der Waals surface area contributed by atoms with Gasteiger partial charge in [0.25, 0.3) is 5.91 Å². The molecule has 0 bridgehead atoms. The first-order valence-corrected chi connectivity index (χ1v) is 5.98. The van der Waals surface area contributed by atoms with E-state index in [0.717, 1.165) is 0 Å². The Kier molecular flexibility index (Phi) is 5.53. The minimum atomic E-state index is -1.07. The third kappa shape index (κ3) is 3.85. The van der Waals surface area contributed by atoms with Crippen LogP contribution < -0.4 is 20.5 Å². The molecule has 114 valence electrons. The molecule has 0 atom stereocenters. The van der Waals surface area contributed by atoms with Crippen LogP contribution in [0.3, 0.4) is 0 Å². The van der Waals surface area contributed by atoms with Gasteiger partial charge in [-0.3, -0.25) is 9.59 Å². The third-order valence-electron chi connectivity index (χ3n) is 2.49. The fourth-order valence-corrected chi connectivity index (χ4v) is 1.59. The Morgan fingerprint density at radius 3 is 2.33 bits per heavy atom. The monoisotopic (exact) mass is 296 g/mol. The molecule has 0 heterocycles. The molecule has 0 radical (unpaired) electrons. The molecular formula is C13H16N2O6. The molecule has 8 nitrogen and oxygen atoms in total. The summed E-state index contributed by atoms with van der Waals surface area (Å²) in [7, 11) is 2.73. The zero-order valence-electron chi connectivity index (χ0n) is 11.9. The molecular weight excluding hydrogens is 280 g/mol. The molecule has 0 fully saturated rings. The second-order valence-electron chi connectivity index (χ2n) is 3.79. The molecule has 0 unspecified atom stereocenters. The number of primary amides is 1. The van der Waals surface area contributed by atoms with Crippen molar-refractivity contribution in [1.82, 2.24) is 0 Å². The zero-order valence-corrected chi connectivity index (χ0v) is 11.9. The van der Waals surface area contributed by atoms with Gasteiger partial charge in [-0.15, -0.1) is 0 Å². The molecule has 0 spiro atoms. The van der Waals surface area contributed by atoms with Gasteiger partial charge in [0, 0.05) is 12.1 Å². The number of hydrogen-bond donors (Lipinski definition) is 2. The van der Waals surface area contributed by atoms with E-state index in [9.17, 15) is 14.4 Å². The molecule has 0 aliphatic carbocycles. The van der Waals surface area contributed by atoms with Crippen molar-refractivity contribution >= 4 is 23.5 Å². The van der Waals surface area contributed by atoms with E-state index in [1.54, 1.807) is 6.92 Å². The number of carbonyl (C=O) groups excluding carboxylic acids is 3. The van der Waals surface area contributed by atoms with Gasteiger partial charge in [-0.1, -0.05) is 0 Å². The van der Waals surface area contributed by atoms with Gasteiger partial charge in [0.1, 0.15) is 17.1 Å². The van der Waals surface area contributed by atoms with Crippen molar-refractivity contribution < 1.29 is 28.6 Å². The van der Waals surface area contributed by atoms with Crippen LogP contribution in [0.4, 0.5) is 5.69 Å². The first-order chi connectivity index (χ1) is 9.94. The fourth-order valence-electron chi connectivity index (χ4n) is 1.59. The summed E-state index contributed by atoms with van der Waals surface area (Å²) in [6.45, 7) is 1.62. The summed E-state index contributed by atoms with van der Waals surface area (Å²) in [4.78, 5) is 34.5. The quantitative estimate of drug-likeness (QED) is 0.596. The normalized spacial score (nSPS) is 9.67. The lowest BCUT2D eigenvalue weighted by Crippen LogP contribution is -2.27. The van der Waals surface area contributed by atoms with E-state index in [1.807, 2.05) is 0 Å². The zero-order chi connectivity index (χ0) is 16.0. The van der Waals surface area contributed by atoms with E-state index in [4.69, 9.17) is 15.2 Å². The summed E-state index contributed by atoms with van der Waals surface area (Å²) in [5.41, 5.74) is 5.19. The van der Waals surface area contributed by atoms with Crippen molar-refractivity contribution in [3.8, 4) is 11.5 Å². The summed E-state index contributed by atoms with van der Waals surface area (Å²) in [5, 5.41) is 2.25. The van der Waals surface area contributed by atoms with E-state index < -0.39 is 17.8 Å². The molecule has 1 rings (SSSR count). The minimum Gasteiger partial charge on any atom is -0.497 e. The van der Waals surface area contributed by atoms with Gasteiger partial charge in [0.2, 0.25) is 0 Å². The molecule has 8 heteroatoms. The lowest BCUT2D eigenvalue weighted by Gasteiger charge is -2.14. The number of esters is 1. The molecule has 2 amide bonds. The van der Waals surface area contributed by atoms with Crippen LogP contribution in [0, 0.1) is 0 Å². The molecule has 0 aromatic heterocycles. The largest absolute Gasteiger partial charge is 0.497 e. The fraction of sp³-hybridized carbons (Fsp3) is 0.308. The Morgan fingerprint density at radius 2 is 1.86 bits per heavy atom. The van der Waals surface area contributed by atoms with Crippen molar-refractivity contribution in [3.63, 3.8) is 0 Å². The number of anilines is 1. The van der Waals surface area contributed by atoms with Crippen molar-refractivity contribution in [2.45, 2.75) is 6.92 Å². The van der Waals surface area contributed by atoms with Crippen LogP contribution in [0.15, 0.2) is 12.1 Å². The number of carbonyl (C=O) groups is 3. The molecule has 0 aliphatic heterocycles. The summed E-state index contributed by atoms with van der Waals surface area (Å²) >= 11 is 0. The predicted octanol–water partition coefficient (Wildman–Crippen LogP) is 0.304. The van der Waals surface area contributed by atoms with Gasteiger partial charge in [-0.05, 0) is 6.92 Å². The highest BCUT2D eigenvalue weighted by Gasteiger charge is 2.22. The topological polar surface area (TPSA) is 117 Å². The van der Waals surface area contributed by atoms with E-state index >= 15 is 0 Å². The lowest BCUT2D eigenvalue weighted by molar-refractivity contribution is -0.152. The van der Waals surface area contributed by atoms with Crippen molar-refractivity contribution in [2.24, 2.45) is 5.73 Å². The Balaban J connectivity index is 3.23. The van der Waals surface area contributed by atoms with Gasteiger partial charge in [0.05, 0.1) is 26.5 Å². The maximum Gasteiger partial charge on any atom is 0.397 e. The maximum atomic E-state index is 11.7. The number of nitrogens with one attached hydrogen (secondary N) is 1. The molecule has 0 aliphatic rings. The van der Waals surface area contributed by atoms with Gasteiger partial charge in [0.15, 0.2) is 0 Å². The Hall–Kier alpha value is -2.77. The van der Waals surface area contributed by atoms with Gasteiger partial charge in [-0.2, -0.15) is 0 Å². The number of hydrogen-bond acceptors (Lipinski definition) is 6. The Morgan fingerprint density at radius 1 is 1.19 bits per heavy atom. The highest BCUT2D eigenvalue weighted by atomic mass is 16.5. The lowest BCUT2D eigenvalue weighted by atomic mass is 10.1. The molecule has 0 saturated carbocycles. The maximum absolute atomic E-state index is 11.7. The summed E-state index contributed by atoms with van der Waals surface area (Å²) < 4.78 is 14.6. The van der Waals surface area contributed by atoms with Crippen LogP contribution in [0.2, 0.25) is 0 Å². The first kappa shape index (κ1) is 16.3. The molecule has 21 heavy (non-hydrogen) atoms. The smallest absolute Gasteiger partial charge is 0.397 e. The van der Waals surface area contributed by atoms with Crippen molar-refractivity contribution in [1.29, 1.82) is 0 Å². The molecule has 3 N–H and O–H groups in total. The van der Waals surface area contributed by atoms with Crippen LogP contribution in [-0.2, 0) is 14.3 Å². The number of methoxy groups -OCH3 is 2. The third-order valence-corrected chi connectivity index (χ3v) is 2.49. The second-order valence-corrected chi connectivity index (χ2v) is 3.79. The number of amides is 2.